The minimum absolute atomic E-state index is 0.0736. The number of esters is 1. The van der Waals surface area contributed by atoms with Crippen molar-refractivity contribution in [2.24, 2.45) is 10.2 Å². The van der Waals surface area contributed by atoms with E-state index in [-0.39, 0.29) is 5.91 Å². The third-order valence-corrected chi connectivity index (χ3v) is 4.45. The van der Waals surface area contributed by atoms with Crippen LogP contribution >= 0.6 is 27.7 Å². The second-order valence-corrected chi connectivity index (χ2v) is 6.84. The average molecular weight is 418 g/mol. The Kier molecular flexibility index (Phi) is 5.62. The quantitative estimate of drug-likeness (QED) is 0.358. The number of amides is 1. The molecule has 1 saturated heterocycles. The van der Waals surface area contributed by atoms with Crippen LogP contribution in [0.3, 0.4) is 0 Å². The fourth-order valence-electron chi connectivity index (χ4n) is 1.93. The van der Waals surface area contributed by atoms with Gasteiger partial charge in [0.25, 0.3) is 0 Å². The summed E-state index contributed by atoms with van der Waals surface area (Å²) < 4.78 is 6.14. The molecule has 1 amide bonds. The lowest BCUT2D eigenvalue weighted by atomic mass is 10.2. The maximum atomic E-state index is 12.1. The summed E-state index contributed by atoms with van der Waals surface area (Å²) in [7, 11) is 0. The zero-order valence-corrected chi connectivity index (χ0v) is 15.2. The Morgan fingerprint density at radius 2 is 2.04 bits per heavy atom. The molecule has 25 heavy (non-hydrogen) atoms. The number of carbonyl (C=O) groups is 2. The predicted molar refractivity (Wildman–Crippen MR) is 101 cm³/mol. The van der Waals surface area contributed by atoms with Gasteiger partial charge in [0, 0.05) is 4.47 Å². The summed E-state index contributed by atoms with van der Waals surface area (Å²) in [6, 6.07) is 13.9. The van der Waals surface area contributed by atoms with Gasteiger partial charge in [-0.15, -0.1) is 5.10 Å². The first kappa shape index (κ1) is 17.4. The van der Waals surface area contributed by atoms with Gasteiger partial charge in [0.2, 0.25) is 5.91 Å². The van der Waals surface area contributed by atoms with Crippen molar-refractivity contribution in [3.8, 4) is 5.75 Å². The number of benzene rings is 2. The highest BCUT2D eigenvalue weighted by molar-refractivity contribution is 9.10. The molecule has 1 aliphatic heterocycles. The number of thioether (sulfide) groups is 1. The third-order valence-electron chi connectivity index (χ3n) is 3.09. The Balaban J connectivity index is 1.60. The molecule has 2 aromatic rings. The van der Waals surface area contributed by atoms with Crippen LogP contribution in [0.25, 0.3) is 0 Å². The SMILES string of the molecule is O=C1CS/C(=N/N=C\c2ccc(OC(=O)c3cccc(Br)c3)cc2)N1. The molecule has 2 aromatic carbocycles. The highest BCUT2D eigenvalue weighted by Gasteiger charge is 2.15. The zero-order valence-electron chi connectivity index (χ0n) is 12.8. The Bertz CT molecular complexity index is 866. The van der Waals surface area contributed by atoms with Crippen LogP contribution in [-0.4, -0.2) is 29.0 Å². The monoisotopic (exact) mass is 417 g/mol. The molecule has 8 heteroatoms. The van der Waals surface area contributed by atoms with Crippen molar-refractivity contribution in [3.05, 3.63) is 64.1 Å². The van der Waals surface area contributed by atoms with Crippen molar-refractivity contribution in [2.45, 2.75) is 0 Å². The van der Waals surface area contributed by atoms with Crippen LogP contribution in [0, 0.1) is 0 Å². The molecule has 3 rings (SSSR count). The van der Waals surface area contributed by atoms with E-state index in [4.69, 9.17) is 4.74 Å². The molecule has 0 saturated carbocycles. The summed E-state index contributed by atoms with van der Waals surface area (Å²) in [5.74, 6) is 0.303. The van der Waals surface area contributed by atoms with E-state index in [1.807, 2.05) is 6.07 Å². The van der Waals surface area contributed by atoms with E-state index in [2.05, 4.69) is 31.4 Å². The lowest BCUT2D eigenvalue weighted by molar-refractivity contribution is -0.116. The fraction of sp³-hybridized carbons (Fsp3) is 0.0588. The van der Waals surface area contributed by atoms with Gasteiger partial charge in [-0.2, -0.15) is 5.10 Å². The minimum atomic E-state index is -0.428. The van der Waals surface area contributed by atoms with Crippen LogP contribution in [0.15, 0.2) is 63.2 Å². The number of halogens is 1. The first-order chi connectivity index (χ1) is 12.1. The van der Waals surface area contributed by atoms with Gasteiger partial charge in [0.1, 0.15) is 5.75 Å². The van der Waals surface area contributed by atoms with Crippen molar-refractivity contribution in [1.82, 2.24) is 5.32 Å². The van der Waals surface area contributed by atoms with E-state index < -0.39 is 5.97 Å². The van der Waals surface area contributed by atoms with Crippen LogP contribution in [0.5, 0.6) is 5.75 Å². The number of amidine groups is 1. The molecule has 1 heterocycles. The van der Waals surface area contributed by atoms with Crippen molar-refractivity contribution in [2.75, 3.05) is 5.75 Å². The standard InChI is InChI=1S/C17H12BrN3O3S/c18-13-3-1-2-12(8-13)16(23)24-14-6-4-11(5-7-14)9-19-21-17-20-15(22)10-25-17/h1-9H,10H2,(H,20,21,22)/b19-9-. The second kappa shape index (κ2) is 8.09. The number of hydrogen-bond acceptors (Lipinski definition) is 6. The largest absolute Gasteiger partial charge is 0.423 e. The average Bonchev–Trinajstić information content (AvgIpc) is 3.02. The second-order valence-electron chi connectivity index (χ2n) is 4.96. The Morgan fingerprint density at radius 1 is 1.24 bits per heavy atom. The molecular formula is C17H12BrN3O3S. The number of hydrogen-bond donors (Lipinski definition) is 1. The molecule has 1 fully saturated rings. The van der Waals surface area contributed by atoms with E-state index in [0.29, 0.717) is 22.2 Å². The summed E-state index contributed by atoms with van der Waals surface area (Å²) in [5.41, 5.74) is 1.26. The summed E-state index contributed by atoms with van der Waals surface area (Å²) >= 11 is 4.63. The van der Waals surface area contributed by atoms with Crippen molar-refractivity contribution in [1.29, 1.82) is 0 Å². The molecule has 0 atom stereocenters. The molecule has 1 N–H and O–H groups in total. The van der Waals surface area contributed by atoms with Crippen molar-refractivity contribution < 1.29 is 14.3 Å². The van der Waals surface area contributed by atoms with E-state index in [1.54, 1.807) is 48.7 Å². The highest BCUT2D eigenvalue weighted by Crippen LogP contribution is 2.16. The zero-order chi connectivity index (χ0) is 17.6. The van der Waals surface area contributed by atoms with E-state index in [1.165, 1.54) is 11.8 Å². The molecule has 6 nitrogen and oxygen atoms in total. The number of rotatable bonds is 4. The maximum absolute atomic E-state index is 12.1. The van der Waals surface area contributed by atoms with Gasteiger partial charge in [0.05, 0.1) is 17.5 Å². The van der Waals surface area contributed by atoms with Gasteiger partial charge in [-0.3, -0.25) is 4.79 Å². The van der Waals surface area contributed by atoms with Gasteiger partial charge in [-0.1, -0.05) is 33.8 Å². The van der Waals surface area contributed by atoms with E-state index in [0.717, 1.165) is 10.0 Å². The molecule has 126 valence electrons. The predicted octanol–water partition coefficient (Wildman–Crippen LogP) is 3.22. The number of ether oxygens (including phenoxy) is 1. The van der Waals surface area contributed by atoms with Gasteiger partial charge in [0.15, 0.2) is 5.17 Å². The fourth-order valence-corrected chi connectivity index (χ4v) is 2.96. The van der Waals surface area contributed by atoms with Gasteiger partial charge < -0.3 is 10.1 Å². The van der Waals surface area contributed by atoms with E-state index in [9.17, 15) is 9.59 Å². The lowest BCUT2D eigenvalue weighted by Gasteiger charge is -2.04. The molecule has 0 aliphatic carbocycles. The van der Waals surface area contributed by atoms with Gasteiger partial charge >= 0.3 is 5.97 Å². The van der Waals surface area contributed by atoms with Crippen LogP contribution < -0.4 is 10.1 Å². The van der Waals surface area contributed by atoms with Crippen molar-refractivity contribution in [3.63, 3.8) is 0 Å². The van der Waals surface area contributed by atoms with Gasteiger partial charge in [-0.05, 0) is 48.0 Å². The summed E-state index contributed by atoms with van der Waals surface area (Å²) in [4.78, 5) is 23.1. The van der Waals surface area contributed by atoms with E-state index >= 15 is 0 Å². The lowest BCUT2D eigenvalue weighted by Crippen LogP contribution is -2.19. The molecule has 0 unspecified atom stereocenters. The molecule has 0 bridgehead atoms. The first-order valence-corrected chi connectivity index (χ1v) is 8.99. The van der Waals surface area contributed by atoms with Crippen molar-refractivity contribution >= 4 is 51.0 Å². The maximum Gasteiger partial charge on any atom is 0.343 e. The first-order valence-electron chi connectivity index (χ1n) is 7.22. The highest BCUT2D eigenvalue weighted by atomic mass is 79.9. The van der Waals surface area contributed by atoms with Crippen LogP contribution in [0.1, 0.15) is 15.9 Å². The molecule has 0 aromatic heterocycles. The normalized spacial score (nSPS) is 15.6. The Morgan fingerprint density at radius 3 is 2.72 bits per heavy atom. The van der Waals surface area contributed by atoms with Crippen LogP contribution in [-0.2, 0) is 4.79 Å². The summed E-state index contributed by atoms with van der Waals surface area (Å²) in [6.45, 7) is 0. The number of nitrogens with one attached hydrogen (secondary N) is 1. The molecule has 1 aliphatic rings. The van der Waals surface area contributed by atoms with Gasteiger partial charge in [-0.25, -0.2) is 4.79 Å². The van der Waals surface area contributed by atoms with Crippen LogP contribution in [0.4, 0.5) is 0 Å². The number of nitrogens with zero attached hydrogens (tertiary/aromatic N) is 2. The molecular weight excluding hydrogens is 406 g/mol. The summed E-state index contributed by atoms with van der Waals surface area (Å²) in [5, 5.41) is 10.9. The summed E-state index contributed by atoms with van der Waals surface area (Å²) in [6.07, 6.45) is 1.55. The van der Waals surface area contributed by atoms with Crippen LogP contribution in [0.2, 0.25) is 0 Å². The molecule has 0 spiro atoms. The minimum Gasteiger partial charge on any atom is -0.423 e. The smallest absolute Gasteiger partial charge is 0.343 e. The molecule has 0 radical (unpaired) electrons. The Labute approximate surface area is 156 Å². The number of carbonyl (C=O) groups excluding carboxylic acids is 2. The Hall–Kier alpha value is -2.45. The third kappa shape index (κ3) is 5.01. The topological polar surface area (TPSA) is 80.1 Å².